The van der Waals surface area contributed by atoms with Crippen LogP contribution < -0.4 is 9.50 Å². The van der Waals surface area contributed by atoms with Crippen LogP contribution in [0.1, 0.15) is 21.5 Å². The molecule has 2 aliphatic heterocycles. The number of nitrogens with one attached hydrogen (secondary N) is 1. The molecule has 2 aliphatic rings. The minimum Gasteiger partial charge on any atom is -0.383 e. The molecule has 2 heterocycles. The monoisotopic (exact) mass is 484 g/mol. The molecule has 2 aromatic rings. The fraction of sp³-hybridized carbons (Fsp3) is 0.417. The normalized spacial score (nSPS) is 20.9. The fourth-order valence-electron chi connectivity index (χ4n) is 4.38. The number of hydrogen-bond acceptors (Lipinski definition) is 8. The van der Waals surface area contributed by atoms with Crippen LogP contribution in [0.2, 0.25) is 0 Å². The van der Waals surface area contributed by atoms with Gasteiger partial charge in [-0.15, -0.1) is 0 Å². The highest BCUT2D eigenvalue weighted by atomic mass is 32.2. The first-order valence-corrected chi connectivity index (χ1v) is 13.0. The van der Waals surface area contributed by atoms with E-state index in [0.717, 1.165) is 51.1 Å². The van der Waals surface area contributed by atoms with Gasteiger partial charge in [-0.2, -0.15) is 13.7 Å². The van der Waals surface area contributed by atoms with Gasteiger partial charge < -0.3 is 14.2 Å². The van der Waals surface area contributed by atoms with E-state index in [0.29, 0.717) is 23.4 Å². The Kier molecular flexibility index (Phi) is 7.48. The third-order valence-electron chi connectivity index (χ3n) is 5.80. The molecule has 1 amide bonds. The largest absolute Gasteiger partial charge is 0.383 e. The van der Waals surface area contributed by atoms with Gasteiger partial charge in [-0.3, -0.25) is 14.6 Å². The Labute approximate surface area is 200 Å². The van der Waals surface area contributed by atoms with E-state index in [4.69, 9.17) is 14.2 Å². The number of benzene rings is 2. The zero-order valence-electron chi connectivity index (χ0n) is 19.0. The molecule has 4 rings (SSSR count). The number of carbonyl (C=O) groups excluding carboxylic acids is 1. The van der Waals surface area contributed by atoms with Crippen LogP contribution in [0.3, 0.4) is 0 Å². The predicted molar refractivity (Wildman–Crippen MR) is 126 cm³/mol. The van der Waals surface area contributed by atoms with Crippen molar-refractivity contribution in [3.63, 3.8) is 0 Å². The van der Waals surface area contributed by atoms with Crippen molar-refractivity contribution in [2.24, 2.45) is 0 Å². The molecule has 0 aromatic heterocycles. The first kappa shape index (κ1) is 24.2. The first-order chi connectivity index (χ1) is 16.3. The van der Waals surface area contributed by atoms with Crippen molar-refractivity contribution in [3.05, 3.63) is 65.2 Å². The predicted octanol–water partition coefficient (Wildman–Crippen LogP) is 1.21. The SMILES string of the molecule is CS(=O)(=O)Oc1ccc(CN2CC3CN(CCNC(=O)c4ccc(C#N)cc4)CC(C2)O3)cc1. The lowest BCUT2D eigenvalue weighted by Crippen LogP contribution is -2.59. The average molecular weight is 485 g/mol. The zero-order valence-corrected chi connectivity index (χ0v) is 19.8. The molecule has 0 radical (unpaired) electrons. The Morgan fingerprint density at radius 2 is 1.68 bits per heavy atom. The Hall–Kier alpha value is -2.97. The maximum Gasteiger partial charge on any atom is 0.306 e. The molecular formula is C24H28N4O5S. The molecule has 180 valence electrons. The molecular weight excluding hydrogens is 456 g/mol. The van der Waals surface area contributed by atoms with Gasteiger partial charge in [0.05, 0.1) is 30.1 Å². The maximum atomic E-state index is 12.3. The van der Waals surface area contributed by atoms with E-state index in [-0.39, 0.29) is 18.1 Å². The second-order valence-corrected chi connectivity index (χ2v) is 10.3. The minimum atomic E-state index is -3.53. The molecule has 9 nitrogen and oxygen atoms in total. The third kappa shape index (κ3) is 6.77. The van der Waals surface area contributed by atoms with Gasteiger partial charge in [0, 0.05) is 51.4 Å². The summed E-state index contributed by atoms with van der Waals surface area (Å²) in [5.74, 6) is 0.170. The molecule has 2 aromatic carbocycles. The van der Waals surface area contributed by atoms with Crippen molar-refractivity contribution in [3.8, 4) is 11.8 Å². The molecule has 2 saturated heterocycles. The van der Waals surface area contributed by atoms with E-state index >= 15 is 0 Å². The fourth-order valence-corrected chi connectivity index (χ4v) is 4.84. The van der Waals surface area contributed by atoms with E-state index in [1.165, 1.54) is 0 Å². The highest BCUT2D eigenvalue weighted by molar-refractivity contribution is 7.86. The van der Waals surface area contributed by atoms with E-state index < -0.39 is 10.1 Å². The molecule has 10 heteroatoms. The Bertz CT molecular complexity index is 1130. The van der Waals surface area contributed by atoms with Crippen LogP contribution in [-0.4, -0.2) is 81.9 Å². The van der Waals surface area contributed by atoms with E-state index in [9.17, 15) is 13.2 Å². The number of amides is 1. The topological polar surface area (TPSA) is 112 Å². The van der Waals surface area contributed by atoms with Crippen molar-refractivity contribution >= 4 is 16.0 Å². The molecule has 2 unspecified atom stereocenters. The zero-order chi connectivity index (χ0) is 24.1. The van der Waals surface area contributed by atoms with Crippen molar-refractivity contribution in [1.82, 2.24) is 15.1 Å². The van der Waals surface area contributed by atoms with Gasteiger partial charge in [-0.05, 0) is 42.0 Å². The highest BCUT2D eigenvalue weighted by Gasteiger charge is 2.34. The van der Waals surface area contributed by atoms with Gasteiger partial charge in [0.15, 0.2) is 0 Å². The third-order valence-corrected chi connectivity index (χ3v) is 6.29. The molecule has 2 atom stereocenters. The molecule has 0 aliphatic carbocycles. The lowest BCUT2D eigenvalue weighted by molar-refractivity contribution is -0.139. The summed E-state index contributed by atoms with van der Waals surface area (Å²) in [6.07, 6.45) is 1.24. The van der Waals surface area contributed by atoms with Crippen LogP contribution in [0.4, 0.5) is 0 Å². The van der Waals surface area contributed by atoms with Gasteiger partial charge in [0.25, 0.3) is 5.91 Å². The highest BCUT2D eigenvalue weighted by Crippen LogP contribution is 2.22. The average Bonchev–Trinajstić information content (AvgIpc) is 2.79. The molecule has 2 bridgehead atoms. The summed E-state index contributed by atoms with van der Waals surface area (Å²) >= 11 is 0. The van der Waals surface area contributed by atoms with Gasteiger partial charge in [0.1, 0.15) is 5.75 Å². The second-order valence-electron chi connectivity index (χ2n) is 8.71. The van der Waals surface area contributed by atoms with E-state index in [1.807, 2.05) is 18.2 Å². The Morgan fingerprint density at radius 3 is 2.26 bits per heavy atom. The number of nitriles is 1. The van der Waals surface area contributed by atoms with Crippen LogP contribution in [0.25, 0.3) is 0 Å². The summed E-state index contributed by atoms with van der Waals surface area (Å²) in [6.45, 7) is 5.29. The summed E-state index contributed by atoms with van der Waals surface area (Å²) in [5.41, 5.74) is 2.16. The Balaban J connectivity index is 1.22. The van der Waals surface area contributed by atoms with Crippen molar-refractivity contribution in [2.45, 2.75) is 18.8 Å². The molecule has 2 fully saturated rings. The number of fused-ring (bicyclic) bond motifs is 2. The van der Waals surface area contributed by atoms with Crippen LogP contribution in [-0.2, 0) is 21.4 Å². The molecule has 1 N–H and O–H groups in total. The number of carbonyl (C=O) groups is 1. The number of ether oxygens (including phenoxy) is 1. The van der Waals surface area contributed by atoms with Crippen LogP contribution >= 0.6 is 0 Å². The lowest BCUT2D eigenvalue weighted by Gasteiger charge is -2.46. The van der Waals surface area contributed by atoms with Crippen LogP contribution in [0, 0.1) is 11.3 Å². The standard InChI is InChI=1S/C24H28N4O5S/c1-34(30,31)33-21-8-4-19(5-9-21)13-28-16-22-14-27(15-23(17-28)32-22)11-10-26-24(29)20-6-2-18(12-25)3-7-20/h2-9,22-23H,10-11,13-17H2,1H3,(H,26,29). The van der Waals surface area contributed by atoms with Gasteiger partial charge in [-0.1, -0.05) is 12.1 Å². The minimum absolute atomic E-state index is 0.106. The number of nitrogens with zero attached hydrogens (tertiary/aromatic N) is 3. The van der Waals surface area contributed by atoms with E-state index in [1.54, 1.807) is 36.4 Å². The van der Waals surface area contributed by atoms with E-state index in [2.05, 4.69) is 15.1 Å². The smallest absolute Gasteiger partial charge is 0.306 e. The number of hydrogen-bond donors (Lipinski definition) is 1. The van der Waals surface area contributed by atoms with Gasteiger partial charge in [-0.25, -0.2) is 0 Å². The quantitative estimate of drug-likeness (QED) is 0.557. The van der Waals surface area contributed by atoms with Crippen molar-refractivity contribution < 1.29 is 22.1 Å². The molecule has 34 heavy (non-hydrogen) atoms. The number of rotatable bonds is 8. The summed E-state index contributed by atoms with van der Waals surface area (Å²) in [7, 11) is -3.53. The summed E-state index contributed by atoms with van der Waals surface area (Å²) in [4.78, 5) is 17.0. The Morgan fingerprint density at radius 1 is 1.06 bits per heavy atom. The van der Waals surface area contributed by atoms with Gasteiger partial charge >= 0.3 is 10.1 Å². The lowest BCUT2D eigenvalue weighted by atomic mass is 10.1. The van der Waals surface area contributed by atoms with Crippen LogP contribution in [0.5, 0.6) is 5.75 Å². The van der Waals surface area contributed by atoms with Gasteiger partial charge in [0.2, 0.25) is 0 Å². The first-order valence-electron chi connectivity index (χ1n) is 11.1. The molecule has 0 saturated carbocycles. The van der Waals surface area contributed by atoms with Crippen molar-refractivity contribution in [2.75, 3.05) is 45.5 Å². The second kappa shape index (κ2) is 10.5. The summed E-state index contributed by atoms with van der Waals surface area (Å²) < 4.78 is 33.5. The molecule has 0 spiro atoms. The van der Waals surface area contributed by atoms with Crippen molar-refractivity contribution in [1.29, 1.82) is 5.26 Å². The maximum absolute atomic E-state index is 12.3. The summed E-state index contributed by atoms with van der Waals surface area (Å²) in [6, 6.07) is 15.8. The van der Waals surface area contributed by atoms with Crippen LogP contribution in [0.15, 0.2) is 48.5 Å². The summed E-state index contributed by atoms with van der Waals surface area (Å²) in [5, 5.41) is 11.8. The number of morpholine rings is 2.